The highest BCUT2D eigenvalue weighted by atomic mass is 35.5. The lowest BCUT2D eigenvalue weighted by molar-refractivity contribution is -0.159. The normalized spacial score (nSPS) is 24.4. The van der Waals surface area contributed by atoms with E-state index in [1.807, 2.05) is 12.2 Å². The molecule has 0 bridgehead atoms. The lowest BCUT2D eigenvalue weighted by Crippen LogP contribution is -2.44. The Bertz CT molecular complexity index is 840. The summed E-state index contributed by atoms with van der Waals surface area (Å²) in [6.07, 6.45) is 4.87. The third-order valence-electron chi connectivity index (χ3n) is 5.39. The van der Waals surface area contributed by atoms with E-state index in [-0.39, 0.29) is 37.0 Å². The van der Waals surface area contributed by atoms with Gasteiger partial charge in [0, 0.05) is 16.1 Å². The molecule has 1 aromatic rings. The Hall–Kier alpha value is -2.38. The molecule has 0 saturated carbocycles. The topological polar surface area (TPSA) is 82.1 Å². The summed E-state index contributed by atoms with van der Waals surface area (Å²) < 4.78 is 16.1. The molecule has 1 fully saturated rings. The third kappa shape index (κ3) is 3.29. The minimum atomic E-state index is -0.982. The molecule has 0 radical (unpaired) electrons. The molecule has 0 unspecified atom stereocenters. The summed E-state index contributed by atoms with van der Waals surface area (Å²) in [6.45, 7) is 1.91. The largest absolute Gasteiger partial charge is 0.467 e. The molecule has 2 amide bonds. The zero-order chi connectivity index (χ0) is 19.8. The molecule has 0 aromatic heterocycles. The van der Waals surface area contributed by atoms with E-state index in [0.717, 1.165) is 10.5 Å². The van der Waals surface area contributed by atoms with E-state index >= 15 is 0 Å². The SMILES string of the molecule is C[C@@H](C(=O)OCc1cc(Cl)cc2c1OCOC2)N1C(=O)[C@@H]2CC=CC[C@H]2C1=O. The fourth-order valence-corrected chi connectivity index (χ4v) is 4.21. The number of esters is 1. The van der Waals surface area contributed by atoms with Gasteiger partial charge < -0.3 is 14.2 Å². The predicted octanol–water partition coefficient (Wildman–Crippen LogP) is 2.59. The van der Waals surface area contributed by atoms with Gasteiger partial charge in [0.25, 0.3) is 0 Å². The fourth-order valence-electron chi connectivity index (χ4n) is 3.95. The molecular weight excluding hydrogens is 386 g/mol. The van der Waals surface area contributed by atoms with Gasteiger partial charge in [-0.2, -0.15) is 0 Å². The second-order valence-electron chi connectivity index (χ2n) is 7.15. The Morgan fingerprint density at radius 3 is 2.61 bits per heavy atom. The van der Waals surface area contributed by atoms with E-state index < -0.39 is 12.0 Å². The maximum atomic E-state index is 12.6. The highest BCUT2D eigenvalue weighted by Gasteiger charge is 2.50. The first kappa shape index (κ1) is 19.0. The summed E-state index contributed by atoms with van der Waals surface area (Å²) >= 11 is 6.12. The lowest BCUT2D eigenvalue weighted by atomic mass is 9.85. The molecule has 3 aliphatic rings. The molecule has 4 rings (SSSR count). The number of benzene rings is 1. The van der Waals surface area contributed by atoms with Crippen molar-refractivity contribution in [1.29, 1.82) is 0 Å². The first-order valence-electron chi connectivity index (χ1n) is 9.17. The number of halogens is 1. The van der Waals surface area contributed by atoms with Crippen LogP contribution in [-0.2, 0) is 37.1 Å². The van der Waals surface area contributed by atoms with Crippen molar-refractivity contribution in [3.63, 3.8) is 0 Å². The standard InChI is InChI=1S/C20H20ClNO6/c1-11(22-18(23)15-4-2-3-5-16(15)19(22)24)20(25)27-9-13-7-14(21)6-12-8-26-10-28-17(12)13/h2-3,6-7,11,15-16H,4-5,8-10H2,1H3/t11-,15+,16+/m0/s1. The van der Waals surface area contributed by atoms with Crippen LogP contribution < -0.4 is 4.74 Å². The van der Waals surface area contributed by atoms with Gasteiger partial charge in [-0.3, -0.25) is 14.5 Å². The van der Waals surface area contributed by atoms with Crippen LogP contribution in [0, 0.1) is 11.8 Å². The Morgan fingerprint density at radius 2 is 1.93 bits per heavy atom. The molecule has 8 heteroatoms. The second-order valence-corrected chi connectivity index (χ2v) is 7.59. The van der Waals surface area contributed by atoms with Crippen molar-refractivity contribution in [2.24, 2.45) is 11.8 Å². The number of rotatable bonds is 4. The average Bonchev–Trinajstić information content (AvgIpc) is 2.96. The highest BCUT2D eigenvalue weighted by Crippen LogP contribution is 2.36. The molecule has 7 nitrogen and oxygen atoms in total. The van der Waals surface area contributed by atoms with Crippen molar-refractivity contribution >= 4 is 29.4 Å². The Labute approximate surface area is 167 Å². The monoisotopic (exact) mass is 405 g/mol. The summed E-state index contributed by atoms with van der Waals surface area (Å²) in [7, 11) is 0. The number of carbonyl (C=O) groups is 3. The minimum Gasteiger partial charge on any atom is -0.467 e. The van der Waals surface area contributed by atoms with Crippen molar-refractivity contribution in [2.75, 3.05) is 6.79 Å². The van der Waals surface area contributed by atoms with Crippen LogP contribution in [0.3, 0.4) is 0 Å². The van der Waals surface area contributed by atoms with Gasteiger partial charge in [0.2, 0.25) is 11.8 Å². The number of amides is 2. The molecule has 28 heavy (non-hydrogen) atoms. The maximum Gasteiger partial charge on any atom is 0.329 e. The Morgan fingerprint density at radius 1 is 1.25 bits per heavy atom. The Balaban J connectivity index is 1.45. The van der Waals surface area contributed by atoms with Crippen molar-refractivity contribution in [2.45, 2.75) is 39.0 Å². The zero-order valence-electron chi connectivity index (χ0n) is 15.4. The zero-order valence-corrected chi connectivity index (χ0v) is 16.1. The van der Waals surface area contributed by atoms with Gasteiger partial charge in [0.1, 0.15) is 18.4 Å². The van der Waals surface area contributed by atoms with Crippen molar-refractivity contribution < 1.29 is 28.6 Å². The molecular formula is C20H20ClNO6. The van der Waals surface area contributed by atoms with Crippen molar-refractivity contribution in [1.82, 2.24) is 4.90 Å². The number of nitrogens with zero attached hydrogens (tertiary/aromatic N) is 1. The van der Waals surface area contributed by atoms with E-state index in [0.29, 0.717) is 35.8 Å². The molecule has 148 valence electrons. The summed E-state index contributed by atoms with van der Waals surface area (Å²) in [5.41, 5.74) is 1.39. The second kappa shape index (κ2) is 7.56. The van der Waals surface area contributed by atoms with Crippen LogP contribution in [0.25, 0.3) is 0 Å². The molecule has 1 aromatic carbocycles. The smallest absolute Gasteiger partial charge is 0.329 e. The van der Waals surface area contributed by atoms with Crippen LogP contribution in [0.5, 0.6) is 5.75 Å². The van der Waals surface area contributed by atoms with Crippen LogP contribution in [-0.4, -0.2) is 35.5 Å². The van der Waals surface area contributed by atoms with Gasteiger partial charge in [0.15, 0.2) is 6.79 Å². The number of likely N-dealkylation sites (tertiary alicyclic amines) is 1. The van der Waals surface area contributed by atoms with Crippen molar-refractivity contribution in [3.8, 4) is 5.75 Å². The van der Waals surface area contributed by atoms with Crippen molar-refractivity contribution in [3.05, 3.63) is 40.4 Å². The summed E-state index contributed by atoms with van der Waals surface area (Å²) in [5.74, 6) is -1.41. The number of hydrogen-bond donors (Lipinski definition) is 0. The van der Waals surface area contributed by atoms with Crippen LogP contribution >= 0.6 is 11.6 Å². The van der Waals surface area contributed by atoms with Crippen LogP contribution in [0.2, 0.25) is 5.02 Å². The number of ether oxygens (including phenoxy) is 3. The quantitative estimate of drug-likeness (QED) is 0.435. The van der Waals surface area contributed by atoms with Gasteiger partial charge in [0.05, 0.1) is 18.4 Å². The van der Waals surface area contributed by atoms with E-state index in [2.05, 4.69) is 0 Å². The first-order valence-corrected chi connectivity index (χ1v) is 9.55. The number of carbonyl (C=O) groups excluding carboxylic acids is 3. The summed E-state index contributed by atoms with van der Waals surface area (Å²) in [4.78, 5) is 38.9. The van der Waals surface area contributed by atoms with E-state index in [9.17, 15) is 14.4 Å². The van der Waals surface area contributed by atoms with Gasteiger partial charge in [-0.15, -0.1) is 0 Å². The molecule has 0 N–H and O–H groups in total. The van der Waals surface area contributed by atoms with E-state index in [4.69, 9.17) is 25.8 Å². The number of hydrogen-bond acceptors (Lipinski definition) is 6. The van der Waals surface area contributed by atoms with Crippen LogP contribution in [0.15, 0.2) is 24.3 Å². The molecule has 2 heterocycles. The van der Waals surface area contributed by atoms with Crippen LogP contribution in [0.1, 0.15) is 30.9 Å². The van der Waals surface area contributed by atoms with Gasteiger partial charge >= 0.3 is 5.97 Å². The molecule has 1 saturated heterocycles. The predicted molar refractivity (Wildman–Crippen MR) is 98.2 cm³/mol. The fraction of sp³-hybridized carbons (Fsp3) is 0.450. The number of allylic oxidation sites excluding steroid dienone is 2. The van der Waals surface area contributed by atoms with Gasteiger partial charge in [-0.05, 0) is 31.9 Å². The van der Waals surface area contributed by atoms with E-state index in [1.54, 1.807) is 12.1 Å². The number of fused-ring (bicyclic) bond motifs is 2. The van der Waals surface area contributed by atoms with Gasteiger partial charge in [-0.1, -0.05) is 23.8 Å². The maximum absolute atomic E-state index is 12.6. The summed E-state index contributed by atoms with van der Waals surface area (Å²) in [6, 6.07) is 2.42. The highest BCUT2D eigenvalue weighted by molar-refractivity contribution is 6.30. The first-order chi connectivity index (χ1) is 13.5. The van der Waals surface area contributed by atoms with Crippen LogP contribution in [0.4, 0.5) is 0 Å². The summed E-state index contributed by atoms with van der Waals surface area (Å²) in [5, 5.41) is 0.480. The Kier molecular flexibility index (Phi) is 5.12. The lowest BCUT2D eigenvalue weighted by Gasteiger charge is -2.23. The molecule has 3 atom stereocenters. The van der Waals surface area contributed by atoms with E-state index in [1.165, 1.54) is 6.92 Å². The molecule has 2 aliphatic heterocycles. The third-order valence-corrected chi connectivity index (χ3v) is 5.61. The minimum absolute atomic E-state index is 0.0727. The molecule has 1 aliphatic carbocycles. The van der Waals surface area contributed by atoms with Gasteiger partial charge in [-0.25, -0.2) is 4.79 Å². The molecule has 0 spiro atoms. The number of imide groups is 1. The average molecular weight is 406 g/mol.